The Kier molecular flexibility index (Phi) is 3.50. The molecule has 0 heterocycles. The zero-order chi connectivity index (χ0) is 13.2. The third kappa shape index (κ3) is 3.54. The Labute approximate surface area is 95.2 Å². The molecule has 17 heavy (non-hydrogen) atoms. The first-order valence-corrected chi connectivity index (χ1v) is 4.51. The highest BCUT2D eigenvalue weighted by Gasteiger charge is 2.32. The summed E-state index contributed by atoms with van der Waals surface area (Å²) >= 11 is 0. The van der Waals surface area contributed by atoms with Crippen molar-refractivity contribution in [1.82, 2.24) is 0 Å². The number of nitrogens with zero attached hydrogens (tertiary/aromatic N) is 1. The van der Waals surface area contributed by atoms with Gasteiger partial charge in [0, 0.05) is 14.1 Å². The van der Waals surface area contributed by atoms with E-state index in [-0.39, 0.29) is 11.3 Å². The van der Waals surface area contributed by atoms with Crippen molar-refractivity contribution in [2.45, 2.75) is 6.36 Å². The Morgan fingerprint density at radius 2 is 1.94 bits per heavy atom. The summed E-state index contributed by atoms with van der Waals surface area (Å²) in [4.78, 5) is 12.0. The van der Waals surface area contributed by atoms with E-state index in [0.717, 1.165) is 18.2 Å². The van der Waals surface area contributed by atoms with Gasteiger partial charge in [-0.15, -0.1) is 13.2 Å². The predicted octanol–water partition coefficient (Wildman–Crippen LogP) is 2.35. The number of carbonyl (C=O) groups is 1. The maximum absolute atomic E-state index is 12.1. The van der Waals surface area contributed by atoms with Crippen LogP contribution in [0.2, 0.25) is 0 Å². The fourth-order valence-electron chi connectivity index (χ4n) is 1.21. The van der Waals surface area contributed by atoms with Crippen LogP contribution in [0.3, 0.4) is 0 Å². The number of hydrogen-bond donors (Lipinski definition) is 1. The Hall–Kier alpha value is -1.92. The Bertz CT molecular complexity index is 429. The number of anilines is 1. The number of hydrogen-bond acceptors (Lipinski definition) is 3. The fraction of sp³-hybridized carbons (Fsp3) is 0.300. The normalized spacial score (nSPS) is 11.1. The van der Waals surface area contributed by atoms with Crippen molar-refractivity contribution in [3.8, 4) is 5.75 Å². The minimum atomic E-state index is -4.81. The van der Waals surface area contributed by atoms with E-state index in [9.17, 15) is 18.0 Å². The first-order chi connectivity index (χ1) is 7.70. The molecule has 4 nitrogen and oxygen atoms in total. The number of carboxylic acids is 1. The molecular weight excluding hydrogens is 239 g/mol. The molecule has 0 bridgehead atoms. The van der Waals surface area contributed by atoms with Crippen LogP contribution >= 0.6 is 0 Å². The summed E-state index contributed by atoms with van der Waals surface area (Å²) in [5, 5.41) is 8.73. The smallest absolute Gasteiger partial charge is 0.478 e. The second-order valence-corrected chi connectivity index (χ2v) is 3.43. The lowest BCUT2D eigenvalue weighted by molar-refractivity contribution is -0.274. The van der Waals surface area contributed by atoms with Gasteiger partial charge in [0.2, 0.25) is 0 Å². The first-order valence-electron chi connectivity index (χ1n) is 4.51. The van der Waals surface area contributed by atoms with Gasteiger partial charge in [0.15, 0.2) is 5.75 Å². The van der Waals surface area contributed by atoms with Crippen LogP contribution in [-0.4, -0.2) is 31.5 Å². The Morgan fingerprint density at radius 1 is 1.35 bits per heavy atom. The molecule has 1 aromatic rings. The molecule has 0 unspecified atom stereocenters. The zero-order valence-corrected chi connectivity index (χ0v) is 9.08. The van der Waals surface area contributed by atoms with Crippen LogP contribution in [0.25, 0.3) is 0 Å². The molecule has 0 aliphatic rings. The average molecular weight is 249 g/mol. The van der Waals surface area contributed by atoms with E-state index >= 15 is 0 Å². The number of aromatic carboxylic acids is 1. The van der Waals surface area contributed by atoms with Crippen LogP contribution in [0.5, 0.6) is 5.75 Å². The third-order valence-corrected chi connectivity index (χ3v) is 1.91. The van der Waals surface area contributed by atoms with Crippen LogP contribution in [0.1, 0.15) is 10.4 Å². The van der Waals surface area contributed by atoms with E-state index in [1.807, 2.05) is 0 Å². The third-order valence-electron chi connectivity index (χ3n) is 1.91. The molecule has 0 spiro atoms. The van der Waals surface area contributed by atoms with Crippen molar-refractivity contribution in [3.05, 3.63) is 23.8 Å². The molecule has 1 aromatic carbocycles. The monoisotopic (exact) mass is 249 g/mol. The van der Waals surface area contributed by atoms with Crippen molar-refractivity contribution >= 4 is 11.7 Å². The zero-order valence-electron chi connectivity index (χ0n) is 9.08. The first kappa shape index (κ1) is 13.1. The van der Waals surface area contributed by atoms with Gasteiger partial charge in [-0.25, -0.2) is 4.79 Å². The van der Waals surface area contributed by atoms with Crippen LogP contribution < -0.4 is 9.64 Å². The highest BCUT2D eigenvalue weighted by atomic mass is 19.4. The van der Waals surface area contributed by atoms with Crippen molar-refractivity contribution in [2.24, 2.45) is 0 Å². The lowest BCUT2D eigenvalue weighted by Crippen LogP contribution is -2.20. The summed E-state index contributed by atoms with van der Waals surface area (Å²) in [6.45, 7) is 0. The highest BCUT2D eigenvalue weighted by Crippen LogP contribution is 2.32. The number of alkyl halides is 3. The Balaban J connectivity index is 3.18. The van der Waals surface area contributed by atoms with Gasteiger partial charge >= 0.3 is 12.3 Å². The van der Waals surface area contributed by atoms with Crippen LogP contribution in [0.4, 0.5) is 18.9 Å². The highest BCUT2D eigenvalue weighted by molar-refractivity contribution is 5.89. The van der Waals surface area contributed by atoms with Gasteiger partial charge in [0.05, 0.1) is 11.3 Å². The summed E-state index contributed by atoms with van der Waals surface area (Å²) in [5.41, 5.74) is -0.0644. The van der Waals surface area contributed by atoms with Crippen LogP contribution in [0.15, 0.2) is 18.2 Å². The average Bonchev–Trinajstić information content (AvgIpc) is 2.14. The van der Waals surface area contributed by atoms with E-state index in [1.54, 1.807) is 0 Å². The molecule has 0 aromatic heterocycles. The summed E-state index contributed by atoms with van der Waals surface area (Å²) in [6, 6.07) is 3.14. The summed E-state index contributed by atoms with van der Waals surface area (Å²) < 4.78 is 40.1. The van der Waals surface area contributed by atoms with Crippen LogP contribution in [0, 0.1) is 0 Å². The molecule has 1 N–H and O–H groups in total. The predicted molar refractivity (Wildman–Crippen MR) is 54.4 cm³/mol. The maximum atomic E-state index is 12.1. The molecule has 1 rings (SSSR count). The van der Waals surface area contributed by atoms with Crippen molar-refractivity contribution in [3.63, 3.8) is 0 Å². The number of carboxylic acid groups (broad SMARTS) is 1. The standard InChI is InChI=1S/C10H10F3NO3/c1-14(2)7-5-6(9(15)16)3-4-8(7)17-10(11,12)13/h3-5H,1-2H3,(H,15,16). The van der Waals surface area contributed by atoms with Crippen molar-refractivity contribution < 1.29 is 27.8 Å². The number of rotatable bonds is 3. The topological polar surface area (TPSA) is 49.8 Å². The van der Waals surface area contributed by atoms with E-state index in [4.69, 9.17) is 5.11 Å². The van der Waals surface area contributed by atoms with Crippen molar-refractivity contribution in [2.75, 3.05) is 19.0 Å². The number of benzene rings is 1. The maximum Gasteiger partial charge on any atom is 0.573 e. The van der Waals surface area contributed by atoms with Gasteiger partial charge in [0.25, 0.3) is 0 Å². The summed E-state index contributed by atoms with van der Waals surface area (Å²) in [7, 11) is 2.98. The Morgan fingerprint density at radius 3 is 2.35 bits per heavy atom. The fourth-order valence-corrected chi connectivity index (χ4v) is 1.21. The molecule has 0 atom stereocenters. The van der Waals surface area contributed by atoms with E-state index in [0.29, 0.717) is 0 Å². The molecule has 0 aliphatic heterocycles. The summed E-state index contributed by atoms with van der Waals surface area (Å²) in [5.74, 6) is -1.65. The molecular formula is C10H10F3NO3. The van der Waals surface area contributed by atoms with Gasteiger partial charge in [0.1, 0.15) is 0 Å². The lowest BCUT2D eigenvalue weighted by Gasteiger charge is -2.19. The number of ether oxygens (including phenoxy) is 1. The molecule has 0 amide bonds. The van der Waals surface area contributed by atoms with Gasteiger partial charge in [-0.05, 0) is 18.2 Å². The van der Waals surface area contributed by atoms with Gasteiger partial charge in [-0.3, -0.25) is 0 Å². The molecule has 0 saturated heterocycles. The minimum absolute atomic E-state index is 0.0437. The van der Waals surface area contributed by atoms with E-state index in [1.165, 1.54) is 19.0 Å². The minimum Gasteiger partial charge on any atom is -0.478 e. The second-order valence-electron chi connectivity index (χ2n) is 3.43. The molecule has 7 heteroatoms. The van der Waals surface area contributed by atoms with Gasteiger partial charge in [-0.1, -0.05) is 0 Å². The van der Waals surface area contributed by atoms with E-state index < -0.39 is 18.1 Å². The van der Waals surface area contributed by atoms with E-state index in [2.05, 4.69) is 4.74 Å². The molecule has 0 fully saturated rings. The van der Waals surface area contributed by atoms with Crippen molar-refractivity contribution in [1.29, 1.82) is 0 Å². The molecule has 94 valence electrons. The largest absolute Gasteiger partial charge is 0.573 e. The SMILES string of the molecule is CN(C)c1cc(C(=O)O)ccc1OC(F)(F)F. The molecule has 0 aliphatic carbocycles. The molecule has 0 saturated carbocycles. The summed E-state index contributed by atoms with van der Waals surface area (Å²) in [6.07, 6.45) is -4.81. The van der Waals surface area contributed by atoms with Gasteiger partial charge < -0.3 is 14.7 Å². The second kappa shape index (κ2) is 4.52. The quantitative estimate of drug-likeness (QED) is 0.893. The van der Waals surface area contributed by atoms with Gasteiger partial charge in [-0.2, -0.15) is 0 Å². The van der Waals surface area contributed by atoms with Crippen LogP contribution in [-0.2, 0) is 0 Å². The number of halogens is 3. The molecule has 0 radical (unpaired) electrons. The lowest BCUT2D eigenvalue weighted by atomic mass is 10.2.